The molecular formula is C18H8B2O2. The van der Waals surface area contributed by atoms with Crippen molar-refractivity contribution in [1.29, 1.82) is 0 Å². The molecule has 3 aromatic carbocycles. The summed E-state index contributed by atoms with van der Waals surface area (Å²) in [5.74, 6) is 0. The molecule has 0 unspecified atom stereocenters. The van der Waals surface area contributed by atoms with Gasteiger partial charge in [-0.1, -0.05) is 35.2 Å². The van der Waals surface area contributed by atoms with Gasteiger partial charge in [0, 0.05) is 21.5 Å². The molecule has 4 radical (unpaired) electrons. The Bertz CT molecular complexity index is 1100. The molecule has 0 fully saturated rings. The van der Waals surface area contributed by atoms with E-state index < -0.39 is 0 Å². The smallest absolute Gasteiger partial charge is 0.136 e. The summed E-state index contributed by atoms with van der Waals surface area (Å²) < 4.78 is 11.9. The van der Waals surface area contributed by atoms with E-state index in [0.29, 0.717) is 10.9 Å². The molecule has 2 nitrogen and oxygen atoms in total. The Morgan fingerprint density at radius 3 is 1.45 bits per heavy atom. The molecular weight excluding hydrogens is 270 g/mol. The van der Waals surface area contributed by atoms with Gasteiger partial charge in [0.25, 0.3) is 0 Å². The summed E-state index contributed by atoms with van der Waals surface area (Å²) in [6, 6.07) is 15.3. The summed E-state index contributed by atoms with van der Waals surface area (Å²) in [5, 5.41) is 4.18. The highest BCUT2D eigenvalue weighted by Gasteiger charge is 2.15. The average molecular weight is 278 g/mol. The second-order valence-corrected chi connectivity index (χ2v) is 5.53. The van der Waals surface area contributed by atoms with Crippen LogP contribution in [-0.2, 0) is 0 Å². The Morgan fingerprint density at radius 1 is 0.545 bits per heavy atom. The van der Waals surface area contributed by atoms with Crippen LogP contribution >= 0.6 is 0 Å². The number of rotatable bonds is 0. The minimum atomic E-state index is 0.688. The van der Waals surface area contributed by atoms with Gasteiger partial charge >= 0.3 is 0 Å². The molecule has 2 heterocycles. The third-order valence-corrected chi connectivity index (χ3v) is 4.12. The van der Waals surface area contributed by atoms with Crippen LogP contribution in [0.15, 0.2) is 57.4 Å². The maximum atomic E-state index is 5.94. The normalized spacial score (nSPS) is 12.0. The topological polar surface area (TPSA) is 26.3 Å². The number of benzene rings is 3. The number of hydrogen-bond donors (Lipinski definition) is 0. The highest BCUT2D eigenvalue weighted by molar-refractivity contribution is 6.35. The fourth-order valence-electron chi connectivity index (χ4n) is 3.17. The van der Waals surface area contributed by atoms with Crippen molar-refractivity contribution in [3.63, 3.8) is 0 Å². The zero-order valence-corrected chi connectivity index (χ0v) is 11.6. The molecule has 0 bridgehead atoms. The van der Waals surface area contributed by atoms with Gasteiger partial charge in [-0.15, -0.1) is 0 Å². The molecule has 4 heteroatoms. The van der Waals surface area contributed by atoms with Crippen LogP contribution in [-0.4, -0.2) is 15.7 Å². The summed E-state index contributed by atoms with van der Waals surface area (Å²) in [6.07, 6.45) is 0. The molecule has 0 saturated carbocycles. The fraction of sp³-hybridized carbons (Fsp3) is 0. The summed E-state index contributed by atoms with van der Waals surface area (Å²) in [7, 11) is 11.7. The van der Waals surface area contributed by atoms with Crippen LogP contribution in [0.1, 0.15) is 0 Å². The molecule has 0 atom stereocenters. The molecule has 2 aromatic heterocycles. The summed E-state index contributed by atoms with van der Waals surface area (Å²) in [4.78, 5) is 0. The monoisotopic (exact) mass is 278 g/mol. The van der Waals surface area contributed by atoms with Crippen molar-refractivity contribution < 1.29 is 8.83 Å². The van der Waals surface area contributed by atoms with E-state index >= 15 is 0 Å². The SMILES string of the molecule is [B]c1ccc2c(c1)oc1ccc3oc4cc([B])ccc4c3c12. The van der Waals surface area contributed by atoms with Gasteiger partial charge in [-0.25, -0.2) is 0 Å². The largest absolute Gasteiger partial charge is 0.456 e. The molecule has 0 aliphatic heterocycles. The van der Waals surface area contributed by atoms with Crippen molar-refractivity contribution in [2.45, 2.75) is 0 Å². The molecule has 0 N–H and O–H groups in total. The predicted octanol–water partition coefficient (Wildman–Crippen LogP) is 3.07. The quantitative estimate of drug-likeness (QED) is 0.407. The molecule has 98 valence electrons. The second kappa shape index (κ2) is 3.98. The summed E-state index contributed by atoms with van der Waals surface area (Å²) in [5.41, 5.74) is 4.60. The van der Waals surface area contributed by atoms with Crippen molar-refractivity contribution in [1.82, 2.24) is 0 Å². The van der Waals surface area contributed by atoms with E-state index in [0.717, 1.165) is 43.9 Å². The van der Waals surface area contributed by atoms with Crippen LogP contribution in [0.25, 0.3) is 43.9 Å². The molecule has 0 saturated heterocycles. The average Bonchev–Trinajstić information content (AvgIpc) is 3.02. The lowest BCUT2D eigenvalue weighted by Gasteiger charge is -1.95. The molecule has 22 heavy (non-hydrogen) atoms. The first-order valence-corrected chi connectivity index (χ1v) is 7.03. The van der Waals surface area contributed by atoms with Crippen molar-refractivity contribution in [2.24, 2.45) is 0 Å². The zero-order chi connectivity index (χ0) is 14.8. The van der Waals surface area contributed by atoms with E-state index in [9.17, 15) is 0 Å². The van der Waals surface area contributed by atoms with Gasteiger partial charge < -0.3 is 8.83 Å². The summed E-state index contributed by atoms with van der Waals surface area (Å²) >= 11 is 0. The molecule has 5 rings (SSSR count). The van der Waals surface area contributed by atoms with Gasteiger partial charge in [-0.2, -0.15) is 0 Å². The highest BCUT2D eigenvalue weighted by Crippen LogP contribution is 2.39. The molecule has 0 spiro atoms. The number of hydrogen-bond acceptors (Lipinski definition) is 2. The van der Waals surface area contributed by atoms with Crippen molar-refractivity contribution in [2.75, 3.05) is 0 Å². The maximum absolute atomic E-state index is 5.94. The minimum absolute atomic E-state index is 0.688. The van der Waals surface area contributed by atoms with Crippen molar-refractivity contribution in [3.8, 4) is 0 Å². The fourth-order valence-corrected chi connectivity index (χ4v) is 3.17. The maximum Gasteiger partial charge on any atom is 0.136 e. The van der Waals surface area contributed by atoms with Crippen molar-refractivity contribution >= 4 is 70.5 Å². The van der Waals surface area contributed by atoms with Gasteiger partial charge in [0.2, 0.25) is 0 Å². The summed E-state index contributed by atoms with van der Waals surface area (Å²) in [6.45, 7) is 0. The van der Waals surface area contributed by atoms with Crippen LogP contribution in [0, 0.1) is 0 Å². The predicted molar refractivity (Wildman–Crippen MR) is 91.8 cm³/mol. The first-order valence-electron chi connectivity index (χ1n) is 7.03. The first kappa shape index (κ1) is 12.0. The van der Waals surface area contributed by atoms with Crippen LogP contribution in [0.3, 0.4) is 0 Å². The Hall–Kier alpha value is -2.61. The van der Waals surface area contributed by atoms with Crippen LogP contribution in [0.5, 0.6) is 0 Å². The van der Waals surface area contributed by atoms with E-state index in [4.69, 9.17) is 24.5 Å². The number of furan rings is 2. The Balaban J connectivity index is 2.10. The van der Waals surface area contributed by atoms with E-state index in [2.05, 4.69) is 0 Å². The lowest BCUT2D eigenvalue weighted by molar-refractivity contribution is 0.663. The molecule has 0 aliphatic carbocycles. The third-order valence-electron chi connectivity index (χ3n) is 4.12. The van der Waals surface area contributed by atoms with Gasteiger partial charge in [0.05, 0.1) is 0 Å². The lowest BCUT2D eigenvalue weighted by atomic mass is 9.94. The van der Waals surface area contributed by atoms with Crippen LogP contribution in [0.2, 0.25) is 0 Å². The lowest BCUT2D eigenvalue weighted by Crippen LogP contribution is -1.98. The van der Waals surface area contributed by atoms with Gasteiger partial charge in [-0.3, -0.25) is 0 Å². The van der Waals surface area contributed by atoms with E-state index in [1.807, 2.05) is 48.5 Å². The van der Waals surface area contributed by atoms with E-state index in [1.165, 1.54) is 0 Å². The minimum Gasteiger partial charge on any atom is -0.456 e. The number of fused-ring (bicyclic) bond motifs is 7. The Kier molecular flexibility index (Phi) is 2.17. The first-order chi connectivity index (χ1) is 10.7. The standard InChI is InChI=1S/C18H8B2O2/c19-9-1-3-11-15(7-9)21-13-5-6-14-18(17(11)13)12-4-2-10(20)8-16(12)22-14/h1-8H. The molecule has 0 amide bonds. The zero-order valence-electron chi connectivity index (χ0n) is 11.6. The van der Waals surface area contributed by atoms with Gasteiger partial charge in [-0.05, 0) is 24.3 Å². The molecule has 5 aromatic rings. The second-order valence-electron chi connectivity index (χ2n) is 5.53. The third kappa shape index (κ3) is 1.47. The van der Waals surface area contributed by atoms with E-state index in [-0.39, 0.29) is 0 Å². The van der Waals surface area contributed by atoms with Gasteiger partial charge in [0.15, 0.2) is 0 Å². The van der Waals surface area contributed by atoms with Crippen molar-refractivity contribution in [3.05, 3.63) is 48.5 Å². The molecule has 0 aliphatic rings. The Morgan fingerprint density at radius 2 is 1.00 bits per heavy atom. The van der Waals surface area contributed by atoms with Crippen LogP contribution in [0.4, 0.5) is 0 Å². The van der Waals surface area contributed by atoms with Gasteiger partial charge in [0.1, 0.15) is 38.0 Å². The van der Waals surface area contributed by atoms with Crippen LogP contribution < -0.4 is 10.9 Å². The van der Waals surface area contributed by atoms with E-state index in [1.54, 1.807) is 0 Å². The Labute approximate surface area is 128 Å². The highest BCUT2D eigenvalue weighted by atomic mass is 16.3.